The van der Waals surface area contributed by atoms with E-state index >= 15 is 0 Å². The van der Waals surface area contributed by atoms with E-state index in [1.165, 1.54) is 46.5 Å². The van der Waals surface area contributed by atoms with Crippen LogP contribution in [0.3, 0.4) is 0 Å². The molecule has 0 saturated carbocycles. The van der Waals surface area contributed by atoms with E-state index < -0.39 is 32.1 Å². The van der Waals surface area contributed by atoms with Crippen molar-refractivity contribution < 1.29 is 32.3 Å². The van der Waals surface area contributed by atoms with Crippen molar-refractivity contribution in [2.75, 3.05) is 31.1 Å². The molecule has 0 saturated heterocycles. The summed E-state index contributed by atoms with van der Waals surface area (Å²) in [7, 11) is -0.101. The number of aliphatic imine (C=N–C) groups is 1. The number of benzene rings is 4. The predicted octanol–water partition coefficient (Wildman–Crippen LogP) is 5.71. The first-order valence-electron chi connectivity index (χ1n) is 15.0. The van der Waals surface area contributed by atoms with Gasteiger partial charge in [-0.25, -0.2) is 18.4 Å². The van der Waals surface area contributed by atoms with Gasteiger partial charge in [-0.05, 0) is 48.9 Å². The number of anilines is 1. The van der Waals surface area contributed by atoms with Crippen LogP contribution < -0.4 is 29.5 Å². The van der Waals surface area contributed by atoms with Crippen molar-refractivity contribution in [2.24, 2.45) is 4.99 Å². The number of hydrogen-bond donors (Lipinski definition) is 1. The largest absolute Gasteiger partial charge is 0.493 e. The lowest BCUT2D eigenvalue weighted by molar-refractivity contribution is -0.384. The highest BCUT2D eigenvalue weighted by Gasteiger charge is 2.35. The molecule has 4 aromatic carbocycles. The lowest BCUT2D eigenvalue weighted by atomic mass is 10.1. The SMILES string of the molecule is COc1cc(/C=C2\N=C(c3ccccc3)N(n3c(C)nc4ccc(S(=O)(=O)Nc5c(Cl)cc([N+](=O)[O-])cc5Cl)cc4c3=O)C2=O)cc(OC)c1OC. The van der Waals surface area contributed by atoms with Gasteiger partial charge in [-0.2, -0.15) is 9.69 Å². The van der Waals surface area contributed by atoms with Gasteiger partial charge in [-0.1, -0.05) is 53.5 Å². The number of methoxy groups -OCH3 is 3. The van der Waals surface area contributed by atoms with Crippen molar-refractivity contribution in [3.8, 4) is 17.2 Å². The minimum atomic E-state index is -4.47. The van der Waals surface area contributed by atoms with Crippen LogP contribution in [0.5, 0.6) is 17.2 Å². The average Bonchev–Trinajstić information content (AvgIpc) is 3.43. The van der Waals surface area contributed by atoms with Crippen LogP contribution in [0.15, 0.2) is 93.2 Å². The van der Waals surface area contributed by atoms with E-state index in [0.29, 0.717) is 28.4 Å². The van der Waals surface area contributed by atoms with Gasteiger partial charge in [0.2, 0.25) is 5.75 Å². The number of nitro benzene ring substituents is 1. The summed E-state index contributed by atoms with van der Waals surface area (Å²) in [5.41, 5.74) is -0.454. The van der Waals surface area contributed by atoms with Crippen LogP contribution in [0.1, 0.15) is 17.0 Å². The number of sulfonamides is 1. The molecule has 15 nitrogen and oxygen atoms in total. The van der Waals surface area contributed by atoms with E-state index in [-0.39, 0.29) is 48.9 Å². The summed E-state index contributed by atoms with van der Waals surface area (Å²) >= 11 is 12.3. The van der Waals surface area contributed by atoms with Crippen molar-refractivity contribution in [3.63, 3.8) is 0 Å². The molecule has 1 aliphatic heterocycles. The van der Waals surface area contributed by atoms with Gasteiger partial charge in [-0.3, -0.25) is 24.4 Å². The van der Waals surface area contributed by atoms with Crippen LogP contribution in [0.2, 0.25) is 10.0 Å². The first kappa shape index (κ1) is 35.8. The summed E-state index contributed by atoms with van der Waals surface area (Å²) < 4.78 is 46.6. The molecule has 0 aliphatic carbocycles. The molecule has 0 atom stereocenters. The van der Waals surface area contributed by atoms with Crippen LogP contribution in [0.25, 0.3) is 17.0 Å². The van der Waals surface area contributed by atoms with E-state index in [2.05, 4.69) is 14.7 Å². The summed E-state index contributed by atoms with van der Waals surface area (Å²) in [6.07, 6.45) is 1.50. The summed E-state index contributed by atoms with van der Waals surface area (Å²) in [5.74, 6) is 0.539. The number of hydrogen-bond acceptors (Lipinski definition) is 11. The van der Waals surface area contributed by atoms with Gasteiger partial charge in [-0.15, -0.1) is 0 Å². The van der Waals surface area contributed by atoms with Gasteiger partial charge in [0, 0.05) is 17.7 Å². The number of rotatable bonds is 10. The highest BCUT2D eigenvalue weighted by atomic mass is 35.5. The van der Waals surface area contributed by atoms with E-state index in [4.69, 9.17) is 37.4 Å². The number of nitrogens with zero attached hydrogens (tertiary/aromatic N) is 5. The zero-order valence-electron chi connectivity index (χ0n) is 27.6. The minimum Gasteiger partial charge on any atom is -0.493 e. The molecule has 18 heteroatoms. The molecule has 1 N–H and O–H groups in total. The topological polar surface area (TPSA) is 185 Å². The van der Waals surface area contributed by atoms with Crippen LogP contribution in [0, 0.1) is 17.0 Å². The number of amidine groups is 1. The molecule has 0 unspecified atom stereocenters. The number of carbonyl (C=O) groups excluding carboxylic acids is 1. The molecule has 1 aliphatic rings. The van der Waals surface area contributed by atoms with Gasteiger partial charge >= 0.3 is 0 Å². The van der Waals surface area contributed by atoms with Gasteiger partial charge in [0.25, 0.3) is 27.2 Å². The maximum atomic E-state index is 14.3. The number of ether oxygens (including phenoxy) is 3. The molecule has 5 aromatic rings. The monoisotopic (exact) mass is 764 g/mol. The summed E-state index contributed by atoms with van der Waals surface area (Å²) in [5, 5.41) is 11.5. The number of non-ortho nitro benzene ring substituents is 1. The average molecular weight is 766 g/mol. The molecule has 0 fully saturated rings. The number of halogens is 2. The first-order chi connectivity index (χ1) is 24.8. The van der Waals surface area contributed by atoms with Crippen LogP contribution in [0.4, 0.5) is 11.4 Å². The van der Waals surface area contributed by atoms with Crippen molar-refractivity contribution >= 4 is 73.3 Å². The first-order valence-corrected chi connectivity index (χ1v) is 17.2. The fourth-order valence-corrected chi connectivity index (χ4v) is 7.24. The Bertz CT molecular complexity index is 2490. The third-order valence-electron chi connectivity index (χ3n) is 7.82. The number of amides is 1. The Balaban J connectivity index is 1.47. The summed E-state index contributed by atoms with van der Waals surface area (Å²) in [4.78, 5) is 47.7. The molecule has 6 rings (SSSR count). The standard InChI is InChI=1S/C34H26Cl2N6O9S/c1-18-37-26-11-10-22(52(47,48)39-30-24(35)15-21(42(45)46)16-25(30)36)17-23(26)33(43)40(18)41-32(20-8-6-5-7-9-20)38-27(34(41)44)12-19-13-28(49-2)31(51-4)29(14-19)50-3/h5-17,39H,1-4H3/b27-12-. The molecular formula is C34H26Cl2N6O9S. The van der Waals surface area contributed by atoms with Gasteiger partial charge < -0.3 is 14.2 Å². The molecule has 266 valence electrons. The summed E-state index contributed by atoms with van der Waals surface area (Å²) in [6.45, 7) is 1.52. The Morgan fingerprint density at radius 3 is 2.12 bits per heavy atom. The minimum absolute atomic E-state index is 0.0445. The maximum Gasteiger partial charge on any atom is 0.297 e. The Morgan fingerprint density at radius 2 is 1.54 bits per heavy atom. The smallest absolute Gasteiger partial charge is 0.297 e. The highest BCUT2D eigenvalue weighted by Crippen LogP contribution is 2.39. The highest BCUT2D eigenvalue weighted by molar-refractivity contribution is 7.92. The quantitative estimate of drug-likeness (QED) is 0.105. The zero-order valence-corrected chi connectivity index (χ0v) is 29.9. The number of fused-ring (bicyclic) bond motifs is 1. The Morgan fingerprint density at radius 1 is 0.904 bits per heavy atom. The van der Waals surface area contributed by atoms with E-state index in [0.717, 1.165) is 27.9 Å². The molecule has 0 spiro atoms. The fourth-order valence-electron chi connectivity index (χ4n) is 5.44. The molecule has 52 heavy (non-hydrogen) atoms. The van der Waals surface area contributed by atoms with Gasteiger partial charge in [0.1, 0.15) is 11.5 Å². The fraction of sp³-hybridized carbons (Fsp3) is 0.118. The lowest BCUT2D eigenvalue weighted by Gasteiger charge is -2.22. The molecule has 1 amide bonds. The Kier molecular flexibility index (Phi) is 9.63. The second-order valence-corrected chi connectivity index (χ2v) is 13.5. The molecule has 0 radical (unpaired) electrons. The normalized spacial score (nSPS) is 13.7. The van der Waals surface area contributed by atoms with Crippen molar-refractivity contribution in [1.82, 2.24) is 9.66 Å². The van der Waals surface area contributed by atoms with E-state index in [1.807, 2.05) is 0 Å². The van der Waals surface area contributed by atoms with Crippen LogP contribution in [-0.2, 0) is 14.8 Å². The number of carbonyl (C=O) groups is 1. The Labute approximate surface area is 305 Å². The van der Waals surface area contributed by atoms with E-state index in [9.17, 15) is 28.1 Å². The van der Waals surface area contributed by atoms with Crippen molar-refractivity contribution in [3.05, 3.63) is 126 Å². The van der Waals surface area contributed by atoms with Crippen LogP contribution >= 0.6 is 23.2 Å². The molecule has 1 aromatic heterocycles. The third kappa shape index (κ3) is 6.50. The third-order valence-corrected chi connectivity index (χ3v) is 9.77. The predicted molar refractivity (Wildman–Crippen MR) is 195 cm³/mol. The van der Waals surface area contributed by atoms with Gasteiger partial charge in [0.05, 0.1) is 57.8 Å². The number of aromatic nitrogens is 2. The Hall–Kier alpha value is -5.97. The molecule has 2 heterocycles. The van der Waals surface area contributed by atoms with Crippen molar-refractivity contribution in [1.29, 1.82) is 0 Å². The van der Waals surface area contributed by atoms with Crippen LogP contribution in [-0.4, -0.2) is 56.1 Å². The number of nitrogens with one attached hydrogen (secondary N) is 1. The van der Waals surface area contributed by atoms with E-state index in [1.54, 1.807) is 42.5 Å². The zero-order chi connectivity index (χ0) is 37.5. The summed E-state index contributed by atoms with van der Waals surface area (Å²) in [6, 6.07) is 17.5. The van der Waals surface area contributed by atoms with Gasteiger partial charge in [0.15, 0.2) is 17.3 Å². The van der Waals surface area contributed by atoms with Crippen molar-refractivity contribution in [2.45, 2.75) is 11.8 Å². The molecular weight excluding hydrogens is 739 g/mol. The number of aryl methyl sites for hydroxylation is 1. The number of nitro groups is 1. The lowest BCUT2D eigenvalue weighted by Crippen LogP contribution is -2.49. The second kappa shape index (κ2) is 14.0. The molecule has 0 bridgehead atoms. The maximum absolute atomic E-state index is 14.3. The second-order valence-electron chi connectivity index (χ2n) is 11.0.